The third kappa shape index (κ3) is 6.81. The normalized spacial score (nSPS) is 18.6. The average molecular weight is 556 g/mol. The van der Waals surface area contributed by atoms with Crippen LogP contribution < -0.4 is 4.74 Å². The van der Waals surface area contributed by atoms with Gasteiger partial charge in [0.1, 0.15) is 11.2 Å². The molecular weight excluding hydrogens is 518 g/mol. The third-order valence-corrected chi connectivity index (χ3v) is 7.57. The van der Waals surface area contributed by atoms with Crippen LogP contribution in [0.25, 0.3) is 22.3 Å². The number of hydrogen-bond acceptors (Lipinski definition) is 7. The minimum absolute atomic E-state index is 0.218. The molecule has 1 unspecified atom stereocenters. The third-order valence-electron chi connectivity index (χ3n) is 7.41. The number of rotatable bonds is 7. The molecule has 5 heterocycles. The van der Waals surface area contributed by atoms with Gasteiger partial charge in [-0.2, -0.15) is 4.98 Å². The molecule has 5 rings (SSSR count). The molecule has 0 bridgehead atoms. The van der Waals surface area contributed by atoms with Crippen LogP contribution in [-0.2, 0) is 16.0 Å². The second-order valence-electron chi connectivity index (χ2n) is 11.7. The fourth-order valence-electron chi connectivity index (χ4n) is 5.31. The number of carbonyl (C=O) groups excluding carboxylic acids is 1. The first-order valence-corrected chi connectivity index (χ1v) is 14.2. The zero-order chi connectivity index (χ0) is 27.6. The molecule has 210 valence electrons. The molecule has 0 N–H and O–H groups in total. The van der Waals surface area contributed by atoms with Crippen LogP contribution in [0.15, 0.2) is 24.5 Å². The molecule has 2 aliphatic heterocycles. The lowest BCUT2D eigenvalue weighted by Crippen LogP contribution is -2.41. The molecule has 3 aromatic rings. The molecule has 10 heteroatoms. The lowest BCUT2D eigenvalue weighted by Gasteiger charge is -2.33. The topological polar surface area (TPSA) is 91.6 Å². The van der Waals surface area contributed by atoms with E-state index in [1.165, 1.54) is 0 Å². The molecule has 0 saturated carbocycles. The van der Waals surface area contributed by atoms with Crippen molar-refractivity contribution in [3.63, 3.8) is 0 Å². The highest BCUT2D eigenvalue weighted by Gasteiger charge is 2.27. The molecule has 2 aliphatic rings. The largest absolute Gasteiger partial charge is 0.477 e. The van der Waals surface area contributed by atoms with Crippen molar-refractivity contribution in [3.8, 4) is 17.1 Å². The minimum Gasteiger partial charge on any atom is -0.477 e. The summed E-state index contributed by atoms with van der Waals surface area (Å²) in [4.78, 5) is 27.8. The van der Waals surface area contributed by atoms with Gasteiger partial charge < -0.3 is 23.7 Å². The van der Waals surface area contributed by atoms with Gasteiger partial charge in [-0.15, -0.1) is 0 Å². The average Bonchev–Trinajstić information content (AvgIpc) is 3.54. The van der Waals surface area contributed by atoms with Gasteiger partial charge in [0.15, 0.2) is 0 Å². The minimum atomic E-state index is -0.468. The van der Waals surface area contributed by atoms with E-state index in [-0.39, 0.29) is 11.4 Å². The summed E-state index contributed by atoms with van der Waals surface area (Å²) in [5, 5.41) is 1.17. The van der Waals surface area contributed by atoms with Crippen molar-refractivity contribution in [2.75, 3.05) is 32.9 Å². The number of ether oxygens (including phenoxy) is 3. The number of piperidine rings is 1. The van der Waals surface area contributed by atoms with Gasteiger partial charge in [0, 0.05) is 61.1 Å². The molecule has 2 fully saturated rings. The van der Waals surface area contributed by atoms with E-state index in [0.29, 0.717) is 24.3 Å². The zero-order valence-electron chi connectivity index (χ0n) is 23.3. The number of hydrogen-bond donors (Lipinski definition) is 0. The first kappa shape index (κ1) is 27.6. The van der Waals surface area contributed by atoms with Crippen molar-refractivity contribution >= 4 is 28.7 Å². The molecule has 0 aliphatic carbocycles. The highest BCUT2D eigenvalue weighted by molar-refractivity contribution is 6.28. The van der Waals surface area contributed by atoms with Gasteiger partial charge >= 0.3 is 6.09 Å². The standard InChI is InChI=1S/C29H38ClN5O4/c1-19-15-22(24-23-7-12-35(17-21-8-13-37-18-21)25(23)33-27(30)32-24)16-31-26(19)38-14-9-20-5-10-34(11-6-20)28(36)39-29(2,3)4/h7,12,15-16,20-21H,5-6,8-11,13-14,17-18H2,1-4H3. The van der Waals surface area contributed by atoms with E-state index in [1.807, 2.05) is 46.0 Å². The number of halogens is 1. The Bertz CT molecular complexity index is 1310. The molecule has 1 amide bonds. The first-order chi connectivity index (χ1) is 18.7. The molecule has 39 heavy (non-hydrogen) atoms. The fourth-order valence-corrected chi connectivity index (χ4v) is 5.47. The highest BCUT2D eigenvalue weighted by atomic mass is 35.5. The van der Waals surface area contributed by atoms with Gasteiger partial charge in [0.2, 0.25) is 11.2 Å². The van der Waals surface area contributed by atoms with Crippen molar-refractivity contribution in [1.29, 1.82) is 0 Å². The van der Waals surface area contributed by atoms with E-state index in [4.69, 9.17) is 25.8 Å². The van der Waals surface area contributed by atoms with Crippen molar-refractivity contribution < 1.29 is 19.0 Å². The van der Waals surface area contributed by atoms with Crippen LogP contribution in [0.5, 0.6) is 5.88 Å². The van der Waals surface area contributed by atoms with Gasteiger partial charge in [0.05, 0.1) is 18.9 Å². The molecule has 9 nitrogen and oxygen atoms in total. The monoisotopic (exact) mass is 555 g/mol. The van der Waals surface area contributed by atoms with E-state index in [1.54, 1.807) is 11.1 Å². The molecule has 0 aromatic carbocycles. The smallest absolute Gasteiger partial charge is 0.410 e. The van der Waals surface area contributed by atoms with E-state index in [2.05, 4.69) is 19.5 Å². The Labute approximate surface area is 234 Å². The maximum atomic E-state index is 12.3. The van der Waals surface area contributed by atoms with E-state index < -0.39 is 5.60 Å². The summed E-state index contributed by atoms with van der Waals surface area (Å²) in [5.74, 6) is 1.62. The van der Waals surface area contributed by atoms with Crippen molar-refractivity contribution in [2.45, 2.75) is 65.5 Å². The number of likely N-dealkylation sites (tertiary alicyclic amines) is 1. The Kier molecular flexibility index (Phi) is 8.28. The highest BCUT2D eigenvalue weighted by Crippen LogP contribution is 2.31. The summed E-state index contributed by atoms with van der Waals surface area (Å²) in [6.45, 7) is 12.1. The van der Waals surface area contributed by atoms with Gasteiger partial charge in [-0.1, -0.05) is 0 Å². The Balaban J connectivity index is 1.18. The molecule has 1 atom stereocenters. The van der Waals surface area contributed by atoms with Crippen LogP contribution in [0.2, 0.25) is 5.28 Å². The lowest BCUT2D eigenvalue weighted by atomic mass is 9.94. The molecule has 0 spiro atoms. The van der Waals surface area contributed by atoms with Crippen molar-refractivity contribution in [3.05, 3.63) is 35.4 Å². The number of pyridine rings is 1. The number of fused-ring (bicyclic) bond motifs is 1. The number of nitrogens with zero attached hydrogens (tertiary/aromatic N) is 5. The summed E-state index contributed by atoms with van der Waals surface area (Å²) < 4.78 is 19.2. The fraction of sp³-hybridized carbons (Fsp3) is 0.586. The summed E-state index contributed by atoms with van der Waals surface area (Å²) >= 11 is 6.35. The van der Waals surface area contributed by atoms with Gasteiger partial charge in [-0.3, -0.25) is 0 Å². The van der Waals surface area contributed by atoms with E-state index in [0.717, 1.165) is 86.4 Å². The zero-order valence-corrected chi connectivity index (χ0v) is 24.0. The Morgan fingerprint density at radius 3 is 2.67 bits per heavy atom. The Hall–Kier alpha value is -2.91. The second kappa shape index (κ2) is 11.7. The number of aryl methyl sites for hydroxylation is 1. The lowest BCUT2D eigenvalue weighted by molar-refractivity contribution is 0.0177. The van der Waals surface area contributed by atoms with Crippen LogP contribution in [0.3, 0.4) is 0 Å². The maximum Gasteiger partial charge on any atom is 0.410 e. The molecule has 3 aromatic heterocycles. The summed E-state index contributed by atoms with van der Waals surface area (Å²) in [6, 6.07) is 4.09. The van der Waals surface area contributed by atoms with Gasteiger partial charge in [-0.25, -0.2) is 14.8 Å². The summed E-state index contributed by atoms with van der Waals surface area (Å²) in [6.07, 6.45) is 7.50. The van der Waals surface area contributed by atoms with Crippen LogP contribution in [0.4, 0.5) is 4.79 Å². The van der Waals surface area contributed by atoms with Crippen LogP contribution >= 0.6 is 11.6 Å². The van der Waals surface area contributed by atoms with Gasteiger partial charge in [0.25, 0.3) is 0 Å². The van der Waals surface area contributed by atoms with Crippen LogP contribution in [0, 0.1) is 18.8 Å². The summed E-state index contributed by atoms with van der Waals surface area (Å²) in [5.41, 5.74) is 2.95. The SMILES string of the molecule is Cc1cc(-c2nc(Cl)nc3c2ccn3CC2CCOC2)cnc1OCCC1CCN(C(=O)OC(C)(C)C)CC1. The Morgan fingerprint density at radius 2 is 1.97 bits per heavy atom. The maximum absolute atomic E-state index is 12.3. The molecule has 2 saturated heterocycles. The van der Waals surface area contributed by atoms with Crippen LogP contribution in [0.1, 0.15) is 52.0 Å². The number of carbonyl (C=O) groups is 1. The Morgan fingerprint density at radius 1 is 1.18 bits per heavy atom. The predicted molar refractivity (Wildman–Crippen MR) is 150 cm³/mol. The number of amides is 1. The van der Waals surface area contributed by atoms with Crippen molar-refractivity contribution in [2.24, 2.45) is 11.8 Å². The van der Waals surface area contributed by atoms with E-state index >= 15 is 0 Å². The van der Waals surface area contributed by atoms with E-state index in [9.17, 15) is 4.79 Å². The number of aromatic nitrogens is 4. The summed E-state index contributed by atoms with van der Waals surface area (Å²) in [7, 11) is 0. The first-order valence-electron chi connectivity index (χ1n) is 13.8. The van der Waals surface area contributed by atoms with Crippen molar-refractivity contribution in [1.82, 2.24) is 24.4 Å². The molecular formula is C29H38ClN5O4. The predicted octanol–water partition coefficient (Wildman–Crippen LogP) is 5.91. The molecule has 0 radical (unpaired) electrons. The second-order valence-corrected chi connectivity index (χ2v) is 12.0. The van der Waals surface area contributed by atoms with Gasteiger partial charge in [-0.05, 0) is 83.0 Å². The van der Waals surface area contributed by atoms with Crippen LogP contribution in [-0.4, -0.2) is 69.0 Å². The quantitative estimate of drug-likeness (QED) is 0.335.